The summed E-state index contributed by atoms with van der Waals surface area (Å²) in [7, 11) is 3.21. The van der Waals surface area contributed by atoms with Gasteiger partial charge in [-0.05, 0) is 30.3 Å². The van der Waals surface area contributed by atoms with Crippen LogP contribution >= 0.6 is 11.6 Å². The number of carbonyl (C=O) groups excluding carboxylic acids is 2. The molecule has 0 fully saturated rings. The summed E-state index contributed by atoms with van der Waals surface area (Å²) in [6, 6.07) is 15.4. The number of rotatable bonds is 6. The van der Waals surface area contributed by atoms with Crippen molar-refractivity contribution in [3.05, 3.63) is 65.2 Å². The predicted octanol–water partition coefficient (Wildman–Crippen LogP) is 3.54. The van der Waals surface area contributed by atoms with Crippen LogP contribution in [0.1, 0.15) is 10.4 Å². The van der Waals surface area contributed by atoms with Gasteiger partial charge in [0, 0.05) is 23.7 Å². The largest absolute Gasteiger partial charge is 0.497 e. The molecule has 1 amide bonds. The molecule has 3 aromatic rings. The molecule has 8 heteroatoms. The number of halogens is 1. The average Bonchev–Trinajstić information content (AvgIpc) is 3.07. The quantitative estimate of drug-likeness (QED) is 0.641. The first kappa shape index (κ1) is 19.4. The molecule has 1 aromatic heterocycles. The van der Waals surface area contributed by atoms with E-state index in [-0.39, 0.29) is 0 Å². The zero-order valence-electron chi connectivity index (χ0n) is 15.3. The van der Waals surface area contributed by atoms with E-state index in [1.807, 2.05) is 12.1 Å². The minimum absolute atomic E-state index is 0.303. The van der Waals surface area contributed by atoms with Gasteiger partial charge in [-0.25, -0.2) is 4.79 Å². The summed E-state index contributed by atoms with van der Waals surface area (Å²) < 4.78 is 11.7. The van der Waals surface area contributed by atoms with Gasteiger partial charge >= 0.3 is 5.97 Å². The average molecular weight is 400 g/mol. The van der Waals surface area contributed by atoms with Crippen LogP contribution in [-0.2, 0) is 16.6 Å². The number of nitrogens with zero attached hydrogens (tertiary/aromatic N) is 2. The van der Waals surface area contributed by atoms with Crippen LogP contribution in [0.5, 0.6) is 5.75 Å². The van der Waals surface area contributed by atoms with Crippen molar-refractivity contribution < 1.29 is 19.1 Å². The third-order valence-corrected chi connectivity index (χ3v) is 4.18. The number of hydrogen-bond acceptors (Lipinski definition) is 5. The number of ether oxygens (including phenoxy) is 2. The topological polar surface area (TPSA) is 82.4 Å². The Bertz CT molecular complexity index is 999. The lowest BCUT2D eigenvalue weighted by atomic mass is 10.1. The first-order chi connectivity index (χ1) is 13.5. The molecule has 28 heavy (non-hydrogen) atoms. The Kier molecular flexibility index (Phi) is 5.96. The Labute approximate surface area is 166 Å². The SMILES string of the molecule is COc1cccc(C(=O)OCC(=O)Nc2cc(-c3ccc(Cl)cc3)nn2C)c1. The molecule has 0 bridgehead atoms. The molecule has 0 saturated carbocycles. The molecule has 0 aliphatic heterocycles. The van der Waals surface area contributed by atoms with E-state index < -0.39 is 18.5 Å². The smallest absolute Gasteiger partial charge is 0.338 e. The lowest BCUT2D eigenvalue weighted by Crippen LogP contribution is -2.22. The summed E-state index contributed by atoms with van der Waals surface area (Å²) in [5, 5.41) is 7.67. The second-order valence-corrected chi connectivity index (χ2v) is 6.34. The lowest BCUT2D eigenvalue weighted by Gasteiger charge is -2.07. The van der Waals surface area contributed by atoms with Gasteiger partial charge in [-0.3, -0.25) is 9.48 Å². The van der Waals surface area contributed by atoms with Crippen LogP contribution in [0, 0.1) is 0 Å². The van der Waals surface area contributed by atoms with Crippen molar-refractivity contribution in [1.29, 1.82) is 0 Å². The van der Waals surface area contributed by atoms with E-state index in [2.05, 4.69) is 10.4 Å². The number of benzene rings is 2. The maximum Gasteiger partial charge on any atom is 0.338 e. The molecule has 0 aliphatic rings. The van der Waals surface area contributed by atoms with Crippen LogP contribution in [0.3, 0.4) is 0 Å². The van der Waals surface area contributed by atoms with Crippen molar-refractivity contribution in [3.8, 4) is 17.0 Å². The molecular formula is C20H18ClN3O4. The molecule has 1 N–H and O–H groups in total. The van der Waals surface area contributed by atoms with Crippen LogP contribution in [-0.4, -0.2) is 35.4 Å². The molecule has 0 atom stereocenters. The van der Waals surface area contributed by atoms with Gasteiger partial charge in [-0.2, -0.15) is 5.10 Å². The fourth-order valence-corrected chi connectivity index (χ4v) is 2.62. The molecule has 0 spiro atoms. The molecular weight excluding hydrogens is 382 g/mol. The van der Waals surface area contributed by atoms with Gasteiger partial charge in [0.1, 0.15) is 11.6 Å². The van der Waals surface area contributed by atoms with E-state index >= 15 is 0 Å². The van der Waals surface area contributed by atoms with E-state index in [0.29, 0.717) is 27.8 Å². The lowest BCUT2D eigenvalue weighted by molar-refractivity contribution is -0.119. The van der Waals surface area contributed by atoms with Gasteiger partial charge in [-0.1, -0.05) is 29.8 Å². The monoisotopic (exact) mass is 399 g/mol. The second kappa shape index (κ2) is 8.58. The maximum atomic E-state index is 12.1. The molecule has 7 nitrogen and oxygen atoms in total. The van der Waals surface area contributed by atoms with E-state index in [0.717, 1.165) is 5.56 Å². The van der Waals surface area contributed by atoms with Crippen molar-refractivity contribution in [1.82, 2.24) is 9.78 Å². The first-order valence-electron chi connectivity index (χ1n) is 8.37. The van der Waals surface area contributed by atoms with Gasteiger partial charge in [-0.15, -0.1) is 0 Å². The molecule has 0 radical (unpaired) electrons. The summed E-state index contributed by atoms with van der Waals surface area (Å²) in [4.78, 5) is 24.2. The number of hydrogen-bond donors (Lipinski definition) is 1. The van der Waals surface area contributed by atoms with Crippen molar-refractivity contribution in [2.75, 3.05) is 19.0 Å². The summed E-state index contributed by atoms with van der Waals surface area (Å²) in [5.41, 5.74) is 1.85. The van der Waals surface area contributed by atoms with Crippen molar-refractivity contribution in [2.45, 2.75) is 0 Å². The summed E-state index contributed by atoms with van der Waals surface area (Å²) in [6.45, 7) is -0.419. The van der Waals surface area contributed by atoms with E-state index in [1.165, 1.54) is 11.8 Å². The molecule has 144 valence electrons. The molecule has 1 heterocycles. The van der Waals surface area contributed by atoms with Gasteiger partial charge in [0.15, 0.2) is 6.61 Å². The van der Waals surface area contributed by atoms with E-state index in [4.69, 9.17) is 21.1 Å². The van der Waals surface area contributed by atoms with Crippen LogP contribution in [0.25, 0.3) is 11.3 Å². The van der Waals surface area contributed by atoms with Crippen molar-refractivity contribution >= 4 is 29.3 Å². The van der Waals surface area contributed by atoms with Gasteiger partial charge in [0.05, 0.1) is 18.4 Å². The first-order valence-corrected chi connectivity index (χ1v) is 8.75. The zero-order chi connectivity index (χ0) is 20.1. The minimum atomic E-state index is -0.610. The fraction of sp³-hybridized carbons (Fsp3) is 0.150. The number of aromatic nitrogens is 2. The van der Waals surface area contributed by atoms with E-state index in [1.54, 1.807) is 49.5 Å². The van der Waals surface area contributed by atoms with Crippen LogP contribution < -0.4 is 10.1 Å². The number of methoxy groups -OCH3 is 1. The maximum absolute atomic E-state index is 12.1. The van der Waals surface area contributed by atoms with Crippen LogP contribution in [0.2, 0.25) is 5.02 Å². The van der Waals surface area contributed by atoms with E-state index in [9.17, 15) is 9.59 Å². The Balaban J connectivity index is 1.60. The Hall–Kier alpha value is -3.32. The Morgan fingerprint density at radius 1 is 1.14 bits per heavy atom. The van der Waals surface area contributed by atoms with Gasteiger partial charge in [0.25, 0.3) is 5.91 Å². The predicted molar refractivity (Wildman–Crippen MR) is 106 cm³/mol. The molecule has 0 saturated heterocycles. The number of esters is 1. The molecule has 0 unspecified atom stereocenters. The highest BCUT2D eigenvalue weighted by Crippen LogP contribution is 2.23. The summed E-state index contributed by atoms with van der Waals surface area (Å²) in [5.74, 6) is -0.0706. The van der Waals surface area contributed by atoms with Crippen LogP contribution in [0.15, 0.2) is 54.6 Å². The third-order valence-electron chi connectivity index (χ3n) is 3.93. The molecule has 0 aliphatic carbocycles. The van der Waals surface area contributed by atoms with Gasteiger partial charge in [0.2, 0.25) is 0 Å². The molecule has 2 aromatic carbocycles. The van der Waals surface area contributed by atoms with Crippen molar-refractivity contribution in [2.24, 2.45) is 7.05 Å². The Morgan fingerprint density at radius 2 is 1.89 bits per heavy atom. The summed E-state index contributed by atoms with van der Waals surface area (Å²) in [6.07, 6.45) is 0. The Morgan fingerprint density at radius 3 is 2.61 bits per heavy atom. The third kappa shape index (κ3) is 4.69. The highest BCUT2D eigenvalue weighted by Gasteiger charge is 2.14. The standard InChI is InChI=1S/C20H18ClN3O4/c1-24-18(11-17(23-24)13-6-8-15(21)9-7-13)22-19(25)12-28-20(26)14-4-3-5-16(10-14)27-2/h3-11H,12H2,1-2H3,(H,22,25). The number of nitrogens with one attached hydrogen (secondary N) is 1. The number of aryl methyl sites for hydroxylation is 1. The van der Waals surface area contributed by atoms with Gasteiger partial charge < -0.3 is 14.8 Å². The second-order valence-electron chi connectivity index (χ2n) is 5.90. The highest BCUT2D eigenvalue weighted by atomic mass is 35.5. The molecule has 3 rings (SSSR count). The number of anilines is 1. The number of amides is 1. The zero-order valence-corrected chi connectivity index (χ0v) is 16.1. The summed E-state index contributed by atoms with van der Waals surface area (Å²) >= 11 is 5.89. The normalized spacial score (nSPS) is 10.4. The fourth-order valence-electron chi connectivity index (χ4n) is 2.49. The minimum Gasteiger partial charge on any atom is -0.497 e. The highest BCUT2D eigenvalue weighted by molar-refractivity contribution is 6.30. The number of carbonyl (C=O) groups is 2. The van der Waals surface area contributed by atoms with Crippen molar-refractivity contribution in [3.63, 3.8) is 0 Å². The van der Waals surface area contributed by atoms with Crippen LogP contribution in [0.4, 0.5) is 5.82 Å².